The zero-order valence-electron chi connectivity index (χ0n) is 13.3. The number of para-hydroxylation sites is 1. The molecule has 2 aromatic carbocycles. The summed E-state index contributed by atoms with van der Waals surface area (Å²) in [5, 5.41) is 3.47. The standard InChI is InChI=1S/C20H17FN2O/c1-12-6-9-18(16(21)10-12)23-20(24)15-11-19(13-7-8-13)22-17-5-3-2-4-14(15)17/h2-6,9-11,13H,7-8H2,1H3,(H,23,24). The van der Waals surface area contributed by atoms with E-state index in [9.17, 15) is 9.18 Å². The van der Waals surface area contributed by atoms with Crippen molar-refractivity contribution in [3.05, 3.63) is 71.2 Å². The Bertz CT molecular complexity index is 948. The van der Waals surface area contributed by atoms with E-state index in [1.165, 1.54) is 6.07 Å². The summed E-state index contributed by atoms with van der Waals surface area (Å²) in [6.45, 7) is 1.81. The van der Waals surface area contributed by atoms with Crippen LogP contribution >= 0.6 is 0 Å². The molecule has 0 spiro atoms. The highest BCUT2D eigenvalue weighted by atomic mass is 19.1. The molecule has 3 nitrogen and oxygen atoms in total. The van der Waals surface area contributed by atoms with Gasteiger partial charge in [-0.15, -0.1) is 0 Å². The number of hydrogen-bond donors (Lipinski definition) is 1. The third-order valence-electron chi connectivity index (χ3n) is 4.35. The Labute approximate surface area is 139 Å². The fourth-order valence-electron chi connectivity index (χ4n) is 2.88. The van der Waals surface area contributed by atoms with Gasteiger partial charge in [0.2, 0.25) is 0 Å². The maximum atomic E-state index is 14.0. The molecule has 1 aliphatic rings. The maximum absolute atomic E-state index is 14.0. The third kappa shape index (κ3) is 2.75. The fourth-order valence-corrected chi connectivity index (χ4v) is 2.88. The number of nitrogens with one attached hydrogen (secondary N) is 1. The number of benzene rings is 2. The van der Waals surface area contributed by atoms with Crippen molar-refractivity contribution >= 4 is 22.5 Å². The van der Waals surface area contributed by atoms with Crippen molar-refractivity contribution in [1.82, 2.24) is 4.98 Å². The molecule has 120 valence electrons. The molecule has 1 N–H and O–H groups in total. The number of halogens is 1. The minimum Gasteiger partial charge on any atom is -0.319 e. The molecule has 0 aliphatic heterocycles. The van der Waals surface area contributed by atoms with Gasteiger partial charge in [0.25, 0.3) is 5.91 Å². The second-order valence-corrected chi connectivity index (χ2v) is 6.32. The molecule has 4 heteroatoms. The molecule has 0 atom stereocenters. The van der Waals surface area contributed by atoms with Crippen molar-refractivity contribution in [2.75, 3.05) is 5.32 Å². The molecule has 0 bridgehead atoms. The number of carbonyl (C=O) groups is 1. The molecule has 0 saturated heterocycles. The lowest BCUT2D eigenvalue weighted by Gasteiger charge is -2.11. The molecule has 0 radical (unpaired) electrons. The first-order chi connectivity index (χ1) is 11.6. The fraction of sp³-hybridized carbons (Fsp3) is 0.200. The first-order valence-corrected chi connectivity index (χ1v) is 8.09. The van der Waals surface area contributed by atoms with Gasteiger partial charge in [-0.25, -0.2) is 4.39 Å². The van der Waals surface area contributed by atoms with Crippen molar-refractivity contribution in [1.29, 1.82) is 0 Å². The molecule has 0 unspecified atom stereocenters. The molecule has 24 heavy (non-hydrogen) atoms. The Morgan fingerprint density at radius 2 is 1.96 bits per heavy atom. The van der Waals surface area contributed by atoms with E-state index < -0.39 is 5.82 Å². The Morgan fingerprint density at radius 3 is 2.71 bits per heavy atom. The zero-order valence-corrected chi connectivity index (χ0v) is 13.3. The third-order valence-corrected chi connectivity index (χ3v) is 4.35. The zero-order chi connectivity index (χ0) is 16.7. The molecule has 1 aromatic heterocycles. The SMILES string of the molecule is Cc1ccc(NC(=O)c2cc(C3CC3)nc3ccccc23)c(F)c1. The lowest BCUT2D eigenvalue weighted by atomic mass is 10.1. The summed E-state index contributed by atoms with van der Waals surface area (Å²) in [7, 11) is 0. The van der Waals surface area contributed by atoms with Crippen LogP contribution in [0, 0.1) is 12.7 Å². The highest BCUT2D eigenvalue weighted by molar-refractivity contribution is 6.12. The number of amides is 1. The van der Waals surface area contributed by atoms with Crippen LogP contribution in [-0.4, -0.2) is 10.9 Å². The topological polar surface area (TPSA) is 42.0 Å². The Hall–Kier alpha value is -2.75. The minimum atomic E-state index is -0.427. The summed E-state index contributed by atoms with van der Waals surface area (Å²) in [6.07, 6.45) is 2.22. The summed E-state index contributed by atoms with van der Waals surface area (Å²) < 4.78 is 14.0. The molecule has 1 amide bonds. The second kappa shape index (κ2) is 5.71. The van der Waals surface area contributed by atoms with Gasteiger partial charge in [0, 0.05) is 17.0 Å². The van der Waals surface area contributed by atoms with E-state index in [4.69, 9.17) is 0 Å². The highest BCUT2D eigenvalue weighted by Gasteiger charge is 2.27. The quantitative estimate of drug-likeness (QED) is 0.752. The number of nitrogens with zero attached hydrogens (tertiary/aromatic N) is 1. The predicted molar refractivity (Wildman–Crippen MR) is 92.8 cm³/mol. The van der Waals surface area contributed by atoms with E-state index in [1.807, 2.05) is 37.3 Å². The van der Waals surface area contributed by atoms with E-state index in [0.29, 0.717) is 11.5 Å². The van der Waals surface area contributed by atoms with Crippen LogP contribution in [0.2, 0.25) is 0 Å². The van der Waals surface area contributed by atoms with Crippen LogP contribution in [0.3, 0.4) is 0 Å². The first kappa shape index (κ1) is 14.8. The molecule has 1 saturated carbocycles. The van der Waals surface area contributed by atoms with E-state index in [0.717, 1.165) is 35.0 Å². The van der Waals surface area contributed by atoms with Crippen LogP contribution in [0.5, 0.6) is 0 Å². The number of anilines is 1. The highest BCUT2D eigenvalue weighted by Crippen LogP contribution is 2.40. The van der Waals surface area contributed by atoms with Crippen molar-refractivity contribution in [3.63, 3.8) is 0 Å². The van der Waals surface area contributed by atoms with Gasteiger partial charge in [-0.1, -0.05) is 24.3 Å². The van der Waals surface area contributed by atoms with E-state index in [-0.39, 0.29) is 11.6 Å². The van der Waals surface area contributed by atoms with Gasteiger partial charge in [-0.2, -0.15) is 0 Å². The molecule has 1 fully saturated rings. The summed E-state index contributed by atoms with van der Waals surface area (Å²) in [4.78, 5) is 17.4. The molecule has 1 heterocycles. The second-order valence-electron chi connectivity index (χ2n) is 6.32. The Morgan fingerprint density at radius 1 is 1.17 bits per heavy atom. The van der Waals surface area contributed by atoms with Gasteiger partial charge in [-0.05, 0) is 49.6 Å². The normalized spacial score (nSPS) is 13.9. The molecule has 4 rings (SSSR count). The Kier molecular flexibility index (Phi) is 3.53. The molecular weight excluding hydrogens is 303 g/mol. The lowest BCUT2D eigenvalue weighted by Crippen LogP contribution is -2.14. The van der Waals surface area contributed by atoms with Crippen LogP contribution in [0.1, 0.15) is 40.4 Å². The Balaban J connectivity index is 1.75. The molecular formula is C20H17FN2O. The first-order valence-electron chi connectivity index (χ1n) is 8.09. The number of fused-ring (bicyclic) bond motifs is 1. The summed E-state index contributed by atoms with van der Waals surface area (Å²) >= 11 is 0. The number of hydrogen-bond acceptors (Lipinski definition) is 2. The van der Waals surface area contributed by atoms with Gasteiger partial charge in [0.1, 0.15) is 5.82 Å². The van der Waals surface area contributed by atoms with Crippen LogP contribution in [-0.2, 0) is 0 Å². The largest absolute Gasteiger partial charge is 0.319 e. The lowest BCUT2D eigenvalue weighted by molar-refractivity contribution is 0.102. The van der Waals surface area contributed by atoms with Gasteiger partial charge >= 0.3 is 0 Å². The van der Waals surface area contributed by atoms with Crippen LogP contribution in [0.25, 0.3) is 10.9 Å². The van der Waals surface area contributed by atoms with Crippen LogP contribution < -0.4 is 5.32 Å². The average Bonchev–Trinajstić information content (AvgIpc) is 3.41. The van der Waals surface area contributed by atoms with E-state index in [2.05, 4.69) is 10.3 Å². The molecule has 3 aromatic rings. The summed E-state index contributed by atoms with van der Waals surface area (Å²) in [5.74, 6) is -0.292. The van der Waals surface area contributed by atoms with E-state index >= 15 is 0 Å². The number of aryl methyl sites for hydroxylation is 1. The number of rotatable bonds is 3. The monoisotopic (exact) mass is 320 g/mol. The summed E-state index contributed by atoms with van der Waals surface area (Å²) in [6, 6.07) is 14.2. The average molecular weight is 320 g/mol. The number of aromatic nitrogens is 1. The van der Waals surface area contributed by atoms with Gasteiger partial charge in [0.05, 0.1) is 16.8 Å². The van der Waals surface area contributed by atoms with Gasteiger partial charge in [-0.3, -0.25) is 9.78 Å². The van der Waals surface area contributed by atoms with Crippen molar-refractivity contribution in [3.8, 4) is 0 Å². The van der Waals surface area contributed by atoms with Crippen molar-refractivity contribution in [2.24, 2.45) is 0 Å². The number of pyridine rings is 1. The van der Waals surface area contributed by atoms with E-state index in [1.54, 1.807) is 12.1 Å². The smallest absolute Gasteiger partial charge is 0.256 e. The van der Waals surface area contributed by atoms with Crippen LogP contribution in [0.15, 0.2) is 48.5 Å². The maximum Gasteiger partial charge on any atom is 0.256 e. The van der Waals surface area contributed by atoms with Crippen molar-refractivity contribution in [2.45, 2.75) is 25.7 Å². The van der Waals surface area contributed by atoms with Crippen LogP contribution in [0.4, 0.5) is 10.1 Å². The predicted octanol–water partition coefficient (Wildman–Crippen LogP) is 4.81. The number of carbonyl (C=O) groups excluding carboxylic acids is 1. The minimum absolute atomic E-state index is 0.194. The van der Waals surface area contributed by atoms with Gasteiger partial charge < -0.3 is 5.32 Å². The van der Waals surface area contributed by atoms with Crippen molar-refractivity contribution < 1.29 is 9.18 Å². The molecule has 1 aliphatic carbocycles. The van der Waals surface area contributed by atoms with Gasteiger partial charge in [0.15, 0.2) is 0 Å². The summed E-state index contributed by atoms with van der Waals surface area (Å²) in [5.41, 5.74) is 3.30.